The molecule has 92 valence electrons. The molecule has 1 aliphatic heterocycles. The summed E-state index contributed by atoms with van der Waals surface area (Å²) in [6.45, 7) is 2.52. The lowest BCUT2D eigenvalue weighted by molar-refractivity contribution is -0.389. The van der Waals surface area contributed by atoms with Crippen molar-refractivity contribution >= 4 is 11.5 Å². The van der Waals surface area contributed by atoms with Crippen LogP contribution in [0.5, 0.6) is 0 Å². The Morgan fingerprint density at radius 3 is 3.00 bits per heavy atom. The van der Waals surface area contributed by atoms with Gasteiger partial charge in [-0.25, -0.2) is 0 Å². The van der Waals surface area contributed by atoms with Crippen LogP contribution in [-0.4, -0.2) is 36.7 Å². The highest BCUT2D eigenvalue weighted by molar-refractivity contribution is 5.45. The van der Waals surface area contributed by atoms with Crippen molar-refractivity contribution in [1.29, 1.82) is 0 Å². The van der Waals surface area contributed by atoms with Gasteiger partial charge in [0.2, 0.25) is 0 Å². The van der Waals surface area contributed by atoms with Gasteiger partial charge >= 0.3 is 5.82 Å². The molecule has 0 amide bonds. The highest BCUT2D eigenvalue weighted by Crippen LogP contribution is 2.19. The number of aromatic nitrogens is 1. The first-order valence-corrected chi connectivity index (χ1v) is 5.56. The van der Waals surface area contributed by atoms with E-state index in [0.717, 1.165) is 31.9 Å². The maximum Gasteiger partial charge on any atom is 0.363 e. The predicted octanol–water partition coefficient (Wildman–Crippen LogP) is 1.46. The zero-order valence-electron chi connectivity index (χ0n) is 9.70. The molecule has 2 rings (SSSR count). The Bertz CT molecular complexity index is 387. The molecule has 1 atom stereocenters. The molecule has 6 heteroatoms. The third kappa shape index (κ3) is 2.91. The van der Waals surface area contributed by atoms with Crippen LogP contribution >= 0.6 is 0 Å². The highest BCUT2D eigenvalue weighted by Gasteiger charge is 2.18. The predicted molar refractivity (Wildman–Crippen MR) is 63.1 cm³/mol. The molecule has 0 N–H and O–H groups in total. The first kappa shape index (κ1) is 11.8. The molecule has 1 aromatic heterocycles. The average molecular weight is 237 g/mol. The second kappa shape index (κ2) is 5.09. The van der Waals surface area contributed by atoms with E-state index in [1.54, 1.807) is 6.07 Å². The maximum absolute atomic E-state index is 10.5. The van der Waals surface area contributed by atoms with E-state index < -0.39 is 4.92 Å². The van der Waals surface area contributed by atoms with Crippen molar-refractivity contribution in [3.05, 3.63) is 28.4 Å². The molecule has 0 spiro atoms. The monoisotopic (exact) mass is 237 g/mol. The number of rotatable bonds is 4. The molecule has 6 nitrogen and oxygen atoms in total. The minimum absolute atomic E-state index is 0.119. The largest absolute Gasteiger partial charge is 0.381 e. The summed E-state index contributed by atoms with van der Waals surface area (Å²) in [6, 6.07) is 3.15. The summed E-state index contributed by atoms with van der Waals surface area (Å²) in [4.78, 5) is 15.8. The van der Waals surface area contributed by atoms with Gasteiger partial charge in [0.1, 0.15) is 0 Å². The lowest BCUT2D eigenvalue weighted by atomic mass is 10.1. The van der Waals surface area contributed by atoms with E-state index in [-0.39, 0.29) is 5.82 Å². The molecule has 1 saturated heterocycles. The van der Waals surface area contributed by atoms with Gasteiger partial charge < -0.3 is 19.8 Å². The minimum Gasteiger partial charge on any atom is -0.381 e. The second-order valence-electron chi connectivity index (χ2n) is 4.24. The summed E-state index contributed by atoms with van der Waals surface area (Å²) < 4.78 is 5.31. The van der Waals surface area contributed by atoms with Crippen molar-refractivity contribution in [3.63, 3.8) is 0 Å². The highest BCUT2D eigenvalue weighted by atomic mass is 16.6. The van der Waals surface area contributed by atoms with E-state index in [0.29, 0.717) is 5.92 Å². The molecule has 1 fully saturated rings. The van der Waals surface area contributed by atoms with Gasteiger partial charge in [-0.05, 0) is 22.4 Å². The number of hydrogen-bond acceptors (Lipinski definition) is 5. The van der Waals surface area contributed by atoms with Gasteiger partial charge in [-0.1, -0.05) is 0 Å². The van der Waals surface area contributed by atoms with Crippen molar-refractivity contribution in [1.82, 2.24) is 4.98 Å². The van der Waals surface area contributed by atoms with Crippen LogP contribution in [-0.2, 0) is 4.74 Å². The Kier molecular flexibility index (Phi) is 3.53. The van der Waals surface area contributed by atoms with Gasteiger partial charge in [-0.2, -0.15) is 0 Å². The number of ether oxygens (including phenoxy) is 1. The topological polar surface area (TPSA) is 68.5 Å². The second-order valence-corrected chi connectivity index (χ2v) is 4.24. The Morgan fingerprint density at radius 1 is 1.65 bits per heavy atom. The Morgan fingerprint density at radius 2 is 2.47 bits per heavy atom. The molecule has 1 unspecified atom stereocenters. The Balaban J connectivity index is 1.98. The minimum atomic E-state index is -0.491. The Hall–Kier alpha value is -1.69. The van der Waals surface area contributed by atoms with E-state index in [1.807, 2.05) is 7.05 Å². The van der Waals surface area contributed by atoms with E-state index in [2.05, 4.69) is 9.88 Å². The van der Waals surface area contributed by atoms with Crippen LogP contribution in [0.4, 0.5) is 11.5 Å². The van der Waals surface area contributed by atoms with Crippen LogP contribution in [0.25, 0.3) is 0 Å². The maximum atomic E-state index is 10.5. The number of anilines is 1. The summed E-state index contributed by atoms with van der Waals surface area (Å²) in [5.74, 6) is 0.418. The summed E-state index contributed by atoms with van der Waals surface area (Å²) in [5, 5.41) is 10.5. The molecule has 0 saturated carbocycles. The lowest BCUT2D eigenvalue weighted by Crippen LogP contribution is -2.25. The van der Waals surface area contributed by atoms with Crippen LogP contribution in [0.3, 0.4) is 0 Å². The van der Waals surface area contributed by atoms with Crippen molar-refractivity contribution in [2.24, 2.45) is 5.92 Å². The zero-order valence-corrected chi connectivity index (χ0v) is 9.70. The molecular weight excluding hydrogens is 222 g/mol. The molecule has 17 heavy (non-hydrogen) atoms. The Labute approximate surface area is 99.4 Å². The fourth-order valence-electron chi connectivity index (χ4n) is 1.93. The van der Waals surface area contributed by atoms with Crippen molar-refractivity contribution in [3.8, 4) is 0 Å². The molecule has 2 heterocycles. The van der Waals surface area contributed by atoms with E-state index in [1.165, 1.54) is 12.3 Å². The zero-order chi connectivity index (χ0) is 12.3. The number of hydrogen-bond donors (Lipinski definition) is 0. The van der Waals surface area contributed by atoms with Crippen molar-refractivity contribution in [2.45, 2.75) is 6.42 Å². The average Bonchev–Trinajstić information content (AvgIpc) is 2.82. The quantitative estimate of drug-likeness (QED) is 0.585. The van der Waals surface area contributed by atoms with Gasteiger partial charge in [-0.15, -0.1) is 0 Å². The van der Waals surface area contributed by atoms with Gasteiger partial charge in [0.05, 0.1) is 12.3 Å². The summed E-state index contributed by atoms with van der Waals surface area (Å²) in [6.07, 6.45) is 2.61. The van der Waals surface area contributed by atoms with Crippen molar-refractivity contribution in [2.75, 3.05) is 31.7 Å². The van der Waals surface area contributed by atoms with Gasteiger partial charge in [0.25, 0.3) is 0 Å². The summed E-state index contributed by atoms with van der Waals surface area (Å²) in [7, 11) is 1.96. The molecule has 0 aromatic carbocycles. The molecule has 1 aromatic rings. The molecule has 0 aliphatic carbocycles. The van der Waals surface area contributed by atoms with Gasteiger partial charge in [0.15, 0.2) is 6.20 Å². The first-order valence-electron chi connectivity index (χ1n) is 5.56. The van der Waals surface area contributed by atoms with Gasteiger partial charge in [-0.3, -0.25) is 0 Å². The van der Waals surface area contributed by atoms with Crippen molar-refractivity contribution < 1.29 is 9.66 Å². The van der Waals surface area contributed by atoms with Crippen LogP contribution in [0.1, 0.15) is 6.42 Å². The molecule has 1 aliphatic rings. The van der Waals surface area contributed by atoms with Crippen LogP contribution < -0.4 is 4.90 Å². The van der Waals surface area contributed by atoms with E-state index in [4.69, 9.17) is 4.74 Å². The number of nitrogens with zero attached hydrogens (tertiary/aromatic N) is 3. The molecular formula is C11H15N3O3. The molecule has 0 bridgehead atoms. The van der Waals surface area contributed by atoms with Crippen LogP contribution in [0.15, 0.2) is 18.3 Å². The summed E-state index contributed by atoms with van der Waals surface area (Å²) >= 11 is 0. The third-order valence-electron chi connectivity index (χ3n) is 2.92. The number of nitro groups is 1. The van der Waals surface area contributed by atoms with Gasteiger partial charge in [0, 0.05) is 32.2 Å². The SMILES string of the molecule is CN(CC1CCOC1)c1ccc([N+](=O)[O-])nc1. The standard InChI is InChI=1S/C11H15N3O3/c1-13(7-9-4-5-17-8-9)10-2-3-11(12-6-10)14(15)16/h2-3,6,9H,4-5,7-8H2,1H3. The van der Waals surface area contributed by atoms with Crippen LogP contribution in [0.2, 0.25) is 0 Å². The first-order chi connectivity index (χ1) is 8.16. The fraction of sp³-hybridized carbons (Fsp3) is 0.545. The smallest absolute Gasteiger partial charge is 0.363 e. The van der Waals surface area contributed by atoms with E-state index in [9.17, 15) is 10.1 Å². The molecule has 0 radical (unpaired) electrons. The number of pyridine rings is 1. The fourth-order valence-corrected chi connectivity index (χ4v) is 1.93. The normalized spacial score (nSPS) is 19.2. The lowest BCUT2D eigenvalue weighted by Gasteiger charge is -2.20. The van der Waals surface area contributed by atoms with Crippen LogP contribution in [0, 0.1) is 16.0 Å². The third-order valence-corrected chi connectivity index (χ3v) is 2.92. The van der Waals surface area contributed by atoms with E-state index >= 15 is 0 Å². The summed E-state index contributed by atoms with van der Waals surface area (Å²) in [5.41, 5.74) is 0.891.